The number of hydrogen-bond acceptors (Lipinski definition) is 3. The Balaban J connectivity index is 1.13. The van der Waals surface area contributed by atoms with Crippen LogP contribution in [-0.2, 0) is 22.6 Å². The molecule has 1 saturated heterocycles. The van der Waals surface area contributed by atoms with Crippen molar-refractivity contribution >= 4 is 45.2 Å². The lowest BCUT2D eigenvalue weighted by Gasteiger charge is -2.32. The molecule has 3 heterocycles. The van der Waals surface area contributed by atoms with Crippen LogP contribution in [0.5, 0.6) is 0 Å². The Bertz CT molecular complexity index is 1770. The van der Waals surface area contributed by atoms with Gasteiger partial charge in [-0.05, 0) is 85.3 Å². The molecule has 228 valence electrons. The number of carbonyl (C=O) groups excluding carboxylic acids is 2. The first-order chi connectivity index (χ1) is 21.3. The molecule has 1 fully saturated rings. The molecule has 44 heavy (non-hydrogen) atoms. The molecule has 1 aliphatic rings. The number of rotatable bonds is 10. The Morgan fingerprint density at radius 1 is 0.977 bits per heavy atom. The van der Waals surface area contributed by atoms with E-state index < -0.39 is 0 Å². The second kappa shape index (κ2) is 13.2. The van der Waals surface area contributed by atoms with Crippen molar-refractivity contribution in [1.82, 2.24) is 25.1 Å². The van der Waals surface area contributed by atoms with Gasteiger partial charge >= 0.3 is 0 Å². The van der Waals surface area contributed by atoms with Gasteiger partial charge in [-0.1, -0.05) is 48.0 Å². The van der Waals surface area contributed by atoms with Gasteiger partial charge in [-0.3, -0.25) is 14.5 Å². The Morgan fingerprint density at radius 2 is 1.70 bits per heavy atom. The number of halogens is 2. The lowest BCUT2D eigenvalue weighted by Crippen LogP contribution is -2.49. The summed E-state index contributed by atoms with van der Waals surface area (Å²) in [4.78, 5) is 36.8. The summed E-state index contributed by atoms with van der Waals surface area (Å²) in [7, 11) is 0. The molecular formula is C35H37ClFN5O2. The highest BCUT2D eigenvalue weighted by Crippen LogP contribution is 2.33. The normalized spacial score (nSPS) is 15.1. The van der Waals surface area contributed by atoms with Gasteiger partial charge in [-0.25, -0.2) is 4.39 Å². The predicted octanol–water partition coefficient (Wildman–Crippen LogP) is 6.40. The van der Waals surface area contributed by atoms with E-state index in [1.807, 2.05) is 54.9 Å². The SMILES string of the molecule is CC(=O)N(Cc1ccccc1Cl)C[C@@H](Cc1c[nH]c2ccccc12)NC(=O)CN1CCC(c2c[nH]c3ccc(F)cc23)CC1. The maximum absolute atomic E-state index is 13.9. The van der Waals surface area contributed by atoms with Gasteiger partial charge in [0.15, 0.2) is 0 Å². The molecule has 0 radical (unpaired) electrons. The Kier molecular flexibility index (Phi) is 9.00. The van der Waals surface area contributed by atoms with Crippen LogP contribution in [0.15, 0.2) is 79.1 Å². The van der Waals surface area contributed by atoms with Crippen molar-refractivity contribution in [2.24, 2.45) is 0 Å². The summed E-state index contributed by atoms with van der Waals surface area (Å²) in [5.41, 5.74) is 5.07. The standard InChI is InChI=1S/C35H37ClFN5O2/c1-23(43)42(20-25-6-2-4-8-32(25)36)21-28(16-26-18-38-33-9-5-3-7-29(26)33)40-35(44)22-41-14-12-24(13-15-41)31-19-39-34-11-10-27(37)17-30(31)34/h2-11,17-19,24,28,38-39H,12-16,20-22H2,1H3,(H,40,44)/t28-/m1/s1. The van der Waals surface area contributed by atoms with Crippen molar-refractivity contribution in [3.8, 4) is 0 Å². The van der Waals surface area contributed by atoms with Gasteiger partial charge in [0.1, 0.15) is 5.82 Å². The van der Waals surface area contributed by atoms with E-state index in [9.17, 15) is 14.0 Å². The average Bonchev–Trinajstić information content (AvgIpc) is 3.62. The molecule has 3 aromatic carbocycles. The van der Waals surface area contributed by atoms with E-state index in [2.05, 4.69) is 26.3 Å². The van der Waals surface area contributed by atoms with Gasteiger partial charge < -0.3 is 20.2 Å². The van der Waals surface area contributed by atoms with Crippen LogP contribution < -0.4 is 5.32 Å². The molecule has 1 aliphatic heterocycles. The maximum atomic E-state index is 13.9. The van der Waals surface area contributed by atoms with E-state index in [-0.39, 0.29) is 30.2 Å². The third-order valence-corrected chi connectivity index (χ3v) is 9.15. The molecule has 7 nitrogen and oxygen atoms in total. The van der Waals surface area contributed by atoms with E-state index >= 15 is 0 Å². The summed E-state index contributed by atoms with van der Waals surface area (Å²) < 4.78 is 13.9. The average molecular weight is 614 g/mol. The monoisotopic (exact) mass is 613 g/mol. The van der Waals surface area contributed by atoms with Crippen LogP contribution in [0.4, 0.5) is 4.39 Å². The van der Waals surface area contributed by atoms with Gasteiger partial charge in [0.05, 0.1) is 12.6 Å². The minimum Gasteiger partial charge on any atom is -0.361 e. The van der Waals surface area contributed by atoms with Crippen LogP contribution in [0.1, 0.15) is 42.4 Å². The number of H-pyrrole nitrogens is 2. The smallest absolute Gasteiger partial charge is 0.234 e. The van der Waals surface area contributed by atoms with E-state index in [0.717, 1.165) is 64.4 Å². The molecule has 1 atom stereocenters. The second-order valence-electron chi connectivity index (χ2n) is 11.8. The Labute approximate surface area is 261 Å². The summed E-state index contributed by atoms with van der Waals surface area (Å²) in [6.07, 6.45) is 6.34. The van der Waals surface area contributed by atoms with Crippen molar-refractivity contribution in [3.63, 3.8) is 0 Å². The molecule has 0 spiro atoms. The zero-order valence-electron chi connectivity index (χ0n) is 24.8. The second-order valence-corrected chi connectivity index (χ2v) is 12.2. The first-order valence-electron chi connectivity index (χ1n) is 15.2. The minimum atomic E-state index is -0.299. The fourth-order valence-electron chi connectivity index (χ4n) is 6.46. The van der Waals surface area contributed by atoms with E-state index in [0.29, 0.717) is 30.5 Å². The molecule has 6 rings (SSSR count). The largest absolute Gasteiger partial charge is 0.361 e. The maximum Gasteiger partial charge on any atom is 0.234 e. The van der Waals surface area contributed by atoms with Crippen LogP contribution >= 0.6 is 11.6 Å². The Morgan fingerprint density at radius 3 is 2.50 bits per heavy atom. The van der Waals surface area contributed by atoms with Crippen LogP contribution in [0.25, 0.3) is 21.8 Å². The molecular weight excluding hydrogens is 577 g/mol. The lowest BCUT2D eigenvalue weighted by molar-refractivity contribution is -0.131. The molecule has 0 aliphatic carbocycles. The summed E-state index contributed by atoms with van der Waals surface area (Å²) in [6, 6.07) is 20.2. The number of para-hydroxylation sites is 1. The van der Waals surface area contributed by atoms with Crippen molar-refractivity contribution in [1.29, 1.82) is 0 Å². The minimum absolute atomic E-state index is 0.0660. The lowest BCUT2D eigenvalue weighted by atomic mass is 9.89. The van der Waals surface area contributed by atoms with Crippen molar-refractivity contribution in [3.05, 3.63) is 107 Å². The fraction of sp³-hybridized carbons (Fsp3) is 0.314. The zero-order valence-corrected chi connectivity index (χ0v) is 25.5. The Hall–Kier alpha value is -4.14. The fourth-order valence-corrected chi connectivity index (χ4v) is 6.66. The zero-order chi connectivity index (χ0) is 30.6. The summed E-state index contributed by atoms with van der Waals surface area (Å²) in [6.45, 7) is 4.10. The highest BCUT2D eigenvalue weighted by molar-refractivity contribution is 6.31. The highest BCUT2D eigenvalue weighted by Gasteiger charge is 2.26. The first kappa shape index (κ1) is 29.9. The number of benzene rings is 3. The number of amides is 2. The van der Waals surface area contributed by atoms with Gasteiger partial charge in [0.25, 0.3) is 0 Å². The van der Waals surface area contributed by atoms with Crippen LogP contribution in [0, 0.1) is 5.82 Å². The number of hydrogen-bond donors (Lipinski definition) is 3. The number of piperidine rings is 1. The quantitative estimate of drug-likeness (QED) is 0.170. The van der Waals surface area contributed by atoms with E-state index in [4.69, 9.17) is 11.6 Å². The van der Waals surface area contributed by atoms with Crippen LogP contribution in [-0.4, -0.2) is 63.8 Å². The summed E-state index contributed by atoms with van der Waals surface area (Å²) in [5.74, 6) is -0.0655. The van der Waals surface area contributed by atoms with Gasteiger partial charge in [0.2, 0.25) is 11.8 Å². The number of carbonyl (C=O) groups is 2. The van der Waals surface area contributed by atoms with E-state index in [1.54, 1.807) is 24.0 Å². The van der Waals surface area contributed by atoms with Crippen molar-refractivity contribution in [2.45, 2.75) is 44.7 Å². The van der Waals surface area contributed by atoms with Gasteiger partial charge in [-0.2, -0.15) is 0 Å². The molecule has 2 amide bonds. The number of fused-ring (bicyclic) bond motifs is 2. The van der Waals surface area contributed by atoms with Crippen molar-refractivity contribution in [2.75, 3.05) is 26.2 Å². The van der Waals surface area contributed by atoms with Gasteiger partial charge in [-0.15, -0.1) is 0 Å². The predicted molar refractivity (Wildman–Crippen MR) is 173 cm³/mol. The third kappa shape index (κ3) is 6.82. The first-order valence-corrected chi connectivity index (χ1v) is 15.5. The van der Waals surface area contributed by atoms with Crippen molar-refractivity contribution < 1.29 is 14.0 Å². The van der Waals surface area contributed by atoms with Gasteiger partial charge in [0, 0.05) is 59.2 Å². The van der Waals surface area contributed by atoms with Crippen LogP contribution in [0.2, 0.25) is 5.02 Å². The molecule has 0 bridgehead atoms. The number of aromatic amines is 2. The summed E-state index contributed by atoms with van der Waals surface area (Å²) >= 11 is 6.43. The number of nitrogens with one attached hydrogen (secondary N) is 3. The molecule has 5 aromatic rings. The summed E-state index contributed by atoms with van der Waals surface area (Å²) in [5, 5.41) is 5.90. The number of nitrogens with zero attached hydrogens (tertiary/aromatic N) is 2. The van der Waals surface area contributed by atoms with E-state index in [1.165, 1.54) is 6.07 Å². The number of likely N-dealkylation sites (tertiary alicyclic amines) is 1. The number of aromatic nitrogens is 2. The molecule has 2 aromatic heterocycles. The molecule has 9 heteroatoms. The van der Waals surface area contributed by atoms with Crippen LogP contribution in [0.3, 0.4) is 0 Å². The molecule has 3 N–H and O–H groups in total. The molecule has 0 saturated carbocycles. The highest BCUT2D eigenvalue weighted by atomic mass is 35.5. The topological polar surface area (TPSA) is 84.2 Å². The third-order valence-electron chi connectivity index (χ3n) is 8.78. The molecule has 0 unspecified atom stereocenters.